The maximum atomic E-state index is 12.3. The van der Waals surface area contributed by atoms with Crippen LogP contribution in [0.25, 0.3) is 0 Å². The maximum absolute atomic E-state index is 12.3. The Morgan fingerprint density at radius 3 is 2.33 bits per heavy atom. The van der Waals surface area contributed by atoms with Gasteiger partial charge in [-0.3, -0.25) is 9.59 Å². The summed E-state index contributed by atoms with van der Waals surface area (Å²) in [5, 5.41) is 8.88. The third kappa shape index (κ3) is 3.70. The number of carboxylic acid groups (broad SMARTS) is 1. The van der Waals surface area contributed by atoms with Gasteiger partial charge in [0, 0.05) is 19.0 Å². The van der Waals surface area contributed by atoms with Gasteiger partial charge in [0.1, 0.15) is 6.54 Å². The van der Waals surface area contributed by atoms with Crippen molar-refractivity contribution in [1.29, 1.82) is 0 Å². The Kier molecular flexibility index (Phi) is 4.73. The summed E-state index contributed by atoms with van der Waals surface area (Å²) in [4.78, 5) is 26.5. The van der Waals surface area contributed by atoms with Gasteiger partial charge < -0.3 is 14.9 Å². The second kappa shape index (κ2) is 5.69. The number of hydrogen-bond donors (Lipinski definition) is 1. The third-order valence-electron chi connectivity index (χ3n) is 3.91. The molecule has 5 heteroatoms. The molecule has 5 nitrogen and oxygen atoms in total. The molecule has 1 fully saturated rings. The summed E-state index contributed by atoms with van der Waals surface area (Å²) >= 11 is 0. The molecule has 104 valence electrons. The van der Waals surface area contributed by atoms with E-state index >= 15 is 0 Å². The normalized spacial score (nSPS) is 26.2. The van der Waals surface area contributed by atoms with Gasteiger partial charge in [-0.05, 0) is 32.4 Å². The van der Waals surface area contributed by atoms with Crippen LogP contribution in [0.5, 0.6) is 0 Å². The molecule has 18 heavy (non-hydrogen) atoms. The number of aliphatic carboxylic acids is 1. The first-order valence-electron chi connectivity index (χ1n) is 6.45. The van der Waals surface area contributed by atoms with Crippen molar-refractivity contribution in [3.8, 4) is 0 Å². The molecule has 0 aliphatic heterocycles. The minimum absolute atomic E-state index is 0.00333. The SMILES string of the molecule is CC[C@]1(C)C[C@H]1C(=O)N(CCN(C)C)CC(=O)O. The van der Waals surface area contributed by atoms with Gasteiger partial charge in [-0.25, -0.2) is 0 Å². The van der Waals surface area contributed by atoms with Gasteiger partial charge in [-0.1, -0.05) is 13.8 Å². The molecule has 0 bridgehead atoms. The lowest BCUT2D eigenvalue weighted by molar-refractivity contribution is -0.145. The average molecular weight is 256 g/mol. The summed E-state index contributed by atoms with van der Waals surface area (Å²) < 4.78 is 0. The average Bonchev–Trinajstić information content (AvgIpc) is 2.96. The molecule has 0 aromatic rings. The topological polar surface area (TPSA) is 60.9 Å². The molecule has 0 spiro atoms. The molecule has 0 aromatic heterocycles. The Balaban J connectivity index is 2.60. The second-order valence-corrected chi connectivity index (χ2v) is 5.72. The Labute approximate surface area is 109 Å². The smallest absolute Gasteiger partial charge is 0.323 e. The van der Waals surface area contributed by atoms with Crippen molar-refractivity contribution in [3.05, 3.63) is 0 Å². The van der Waals surface area contributed by atoms with Crippen LogP contribution < -0.4 is 0 Å². The third-order valence-corrected chi connectivity index (χ3v) is 3.91. The summed E-state index contributed by atoms with van der Waals surface area (Å²) in [6.45, 7) is 5.15. The van der Waals surface area contributed by atoms with Crippen LogP contribution in [0, 0.1) is 11.3 Å². The van der Waals surface area contributed by atoms with Crippen LogP contribution >= 0.6 is 0 Å². The van der Waals surface area contributed by atoms with Crippen LogP contribution in [0.4, 0.5) is 0 Å². The highest BCUT2D eigenvalue weighted by Crippen LogP contribution is 2.55. The van der Waals surface area contributed by atoms with E-state index in [1.165, 1.54) is 4.90 Å². The second-order valence-electron chi connectivity index (χ2n) is 5.72. The molecular weight excluding hydrogens is 232 g/mol. The molecule has 2 atom stereocenters. The van der Waals surface area contributed by atoms with Gasteiger partial charge in [0.15, 0.2) is 0 Å². The summed E-state index contributed by atoms with van der Waals surface area (Å²) in [6.07, 6.45) is 1.86. The first-order chi connectivity index (χ1) is 8.30. The fourth-order valence-electron chi connectivity index (χ4n) is 2.16. The maximum Gasteiger partial charge on any atom is 0.323 e. The Hall–Kier alpha value is -1.10. The van der Waals surface area contributed by atoms with E-state index in [4.69, 9.17) is 5.11 Å². The highest BCUT2D eigenvalue weighted by Gasteiger charge is 2.54. The van der Waals surface area contributed by atoms with Crippen LogP contribution in [0.3, 0.4) is 0 Å². The van der Waals surface area contributed by atoms with E-state index in [9.17, 15) is 9.59 Å². The molecular formula is C13H24N2O3. The van der Waals surface area contributed by atoms with Crippen molar-refractivity contribution >= 4 is 11.9 Å². The van der Waals surface area contributed by atoms with E-state index < -0.39 is 5.97 Å². The standard InChI is InChI=1S/C13H24N2O3/c1-5-13(2)8-10(13)12(18)15(9-11(16)17)7-6-14(3)4/h10H,5-9H2,1-4H3,(H,16,17)/t10-,13+/m0/s1. The summed E-state index contributed by atoms with van der Waals surface area (Å²) in [5.74, 6) is -0.923. The Bertz CT molecular complexity index is 330. The molecule has 1 rings (SSSR count). The van der Waals surface area contributed by atoms with Crippen molar-refractivity contribution in [3.63, 3.8) is 0 Å². The molecule has 1 N–H and O–H groups in total. The quantitative estimate of drug-likeness (QED) is 0.735. The van der Waals surface area contributed by atoms with Gasteiger partial charge in [0.05, 0.1) is 0 Å². The lowest BCUT2D eigenvalue weighted by atomic mass is 10.0. The van der Waals surface area contributed by atoms with E-state index in [2.05, 4.69) is 13.8 Å². The number of likely N-dealkylation sites (N-methyl/N-ethyl adjacent to an activating group) is 1. The van der Waals surface area contributed by atoms with E-state index in [0.717, 1.165) is 12.8 Å². The lowest BCUT2D eigenvalue weighted by Gasteiger charge is -2.23. The molecule has 0 saturated heterocycles. The van der Waals surface area contributed by atoms with E-state index in [1.807, 2.05) is 19.0 Å². The first-order valence-corrected chi connectivity index (χ1v) is 6.45. The van der Waals surface area contributed by atoms with E-state index in [-0.39, 0.29) is 23.8 Å². The highest BCUT2D eigenvalue weighted by atomic mass is 16.4. The van der Waals surface area contributed by atoms with Crippen molar-refractivity contribution in [2.75, 3.05) is 33.7 Å². The number of nitrogens with zero attached hydrogens (tertiary/aromatic N) is 2. The highest BCUT2D eigenvalue weighted by molar-refractivity contribution is 5.85. The predicted molar refractivity (Wildman–Crippen MR) is 69.3 cm³/mol. The molecule has 0 unspecified atom stereocenters. The van der Waals surface area contributed by atoms with Crippen LogP contribution in [0.15, 0.2) is 0 Å². The molecule has 0 radical (unpaired) electrons. The number of amides is 1. The summed E-state index contributed by atoms with van der Waals surface area (Å²) in [5.41, 5.74) is 0.0892. The fraction of sp³-hybridized carbons (Fsp3) is 0.846. The molecule has 1 aliphatic carbocycles. The number of rotatable bonds is 7. The van der Waals surface area contributed by atoms with Gasteiger partial charge in [0.25, 0.3) is 0 Å². The molecule has 0 aromatic carbocycles. The zero-order valence-electron chi connectivity index (χ0n) is 11.8. The van der Waals surface area contributed by atoms with E-state index in [0.29, 0.717) is 13.1 Å². The fourth-order valence-corrected chi connectivity index (χ4v) is 2.16. The zero-order valence-corrected chi connectivity index (χ0v) is 11.8. The Morgan fingerprint density at radius 2 is 1.94 bits per heavy atom. The van der Waals surface area contributed by atoms with Crippen molar-refractivity contribution in [2.45, 2.75) is 26.7 Å². The van der Waals surface area contributed by atoms with Crippen molar-refractivity contribution < 1.29 is 14.7 Å². The molecule has 0 heterocycles. The van der Waals surface area contributed by atoms with Crippen molar-refractivity contribution in [2.24, 2.45) is 11.3 Å². The minimum Gasteiger partial charge on any atom is -0.480 e. The lowest BCUT2D eigenvalue weighted by Crippen LogP contribution is -2.41. The van der Waals surface area contributed by atoms with E-state index in [1.54, 1.807) is 0 Å². The van der Waals surface area contributed by atoms with Crippen molar-refractivity contribution in [1.82, 2.24) is 9.80 Å². The largest absolute Gasteiger partial charge is 0.480 e. The number of carbonyl (C=O) groups excluding carboxylic acids is 1. The van der Waals surface area contributed by atoms with Gasteiger partial charge in [0.2, 0.25) is 5.91 Å². The predicted octanol–water partition coefficient (Wildman–Crippen LogP) is 0.897. The number of hydrogen-bond acceptors (Lipinski definition) is 3. The first kappa shape index (κ1) is 15.0. The van der Waals surface area contributed by atoms with Gasteiger partial charge in [-0.2, -0.15) is 0 Å². The Morgan fingerprint density at radius 1 is 1.33 bits per heavy atom. The van der Waals surface area contributed by atoms with Crippen LogP contribution in [0.1, 0.15) is 26.7 Å². The zero-order chi connectivity index (χ0) is 13.9. The number of carboxylic acids is 1. The number of carbonyl (C=O) groups is 2. The summed E-state index contributed by atoms with van der Waals surface area (Å²) in [6, 6.07) is 0. The summed E-state index contributed by atoms with van der Waals surface area (Å²) in [7, 11) is 3.83. The van der Waals surface area contributed by atoms with Gasteiger partial charge in [-0.15, -0.1) is 0 Å². The monoisotopic (exact) mass is 256 g/mol. The molecule has 1 saturated carbocycles. The minimum atomic E-state index is -0.944. The molecule has 1 amide bonds. The van der Waals surface area contributed by atoms with Crippen LogP contribution in [0.2, 0.25) is 0 Å². The van der Waals surface area contributed by atoms with Crippen LogP contribution in [-0.2, 0) is 9.59 Å². The molecule has 1 aliphatic rings. The van der Waals surface area contributed by atoms with Crippen LogP contribution in [-0.4, -0.2) is 60.5 Å². The van der Waals surface area contributed by atoms with Gasteiger partial charge >= 0.3 is 5.97 Å².